The van der Waals surface area contributed by atoms with Gasteiger partial charge in [-0.1, -0.05) is 26.0 Å². The van der Waals surface area contributed by atoms with Crippen molar-refractivity contribution in [2.75, 3.05) is 11.4 Å². The van der Waals surface area contributed by atoms with Gasteiger partial charge in [0.05, 0.1) is 0 Å². The van der Waals surface area contributed by atoms with E-state index in [1.54, 1.807) is 4.90 Å². The van der Waals surface area contributed by atoms with Crippen molar-refractivity contribution >= 4 is 17.5 Å². The molecular formula is C16H22N2O2. The number of hydrogen-bond acceptors (Lipinski definition) is 2. The van der Waals surface area contributed by atoms with Gasteiger partial charge in [0.15, 0.2) is 0 Å². The largest absolute Gasteiger partial charge is 0.344 e. The van der Waals surface area contributed by atoms with E-state index in [1.807, 2.05) is 45.9 Å². The van der Waals surface area contributed by atoms with Gasteiger partial charge >= 0.3 is 0 Å². The van der Waals surface area contributed by atoms with Gasteiger partial charge in [-0.3, -0.25) is 9.59 Å². The Balaban J connectivity index is 2.41. The van der Waals surface area contributed by atoms with E-state index in [1.165, 1.54) is 0 Å². The summed E-state index contributed by atoms with van der Waals surface area (Å²) in [5, 5.41) is 2.83. The minimum atomic E-state index is -0.440. The van der Waals surface area contributed by atoms with Crippen LogP contribution in [0, 0.1) is 19.8 Å². The Morgan fingerprint density at radius 3 is 2.60 bits per heavy atom. The lowest BCUT2D eigenvalue weighted by molar-refractivity contribution is -0.126. The molecule has 4 nitrogen and oxygen atoms in total. The maximum absolute atomic E-state index is 12.7. The van der Waals surface area contributed by atoms with Crippen LogP contribution in [0.2, 0.25) is 0 Å². The van der Waals surface area contributed by atoms with Gasteiger partial charge < -0.3 is 10.2 Å². The summed E-state index contributed by atoms with van der Waals surface area (Å²) in [6.07, 6.45) is 0.350. The molecule has 1 fully saturated rings. The average Bonchev–Trinajstić information content (AvgIpc) is 2.53. The molecular weight excluding hydrogens is 252 g/mol. The second-order valence-electron chi connectivity index (χ2n) is 5.82. The third-order valence-corrected chi connectivity index (χ3v) is 3.73. The van der Waals surface area contributed by atoms with Crippen LogP contribution in [-0.4, -0.2) is 24.4 Å². The molecule has 0 bridgehead atoms. The molecule has 2 amide bonds. The molecule has 1 unspecified atom stereocenters. The van der Waals surface area contributed by atoms with E-state index in [0.29, 0.717) is 13.0 Å². The van der Waals surface area contributed by atoms with Crippen molar-refractivity contribution < 1.29 is 9.59 Å². The molecule has 1 N–H and O–H groups in total. The fraction of sp³-hybridized carbons (Fsp3) is 0.500. The molecule has 1 aromatic carbocycles. The molecule has 108 valence electrons. The molecule has 1 aliphatic heterocycles. The zero-order chi connectivity index (χ0) is 14.9. The lowest BCUT2D eigenvalue weighted by atomic mass is 10.0. The SMILES string of the molecule is Cc1ccc(C)c(N2CCC(=O)NC(C(C)C)C2=O)c1. The highest BCUT2D eigenvalue weighted by Gasteiger charge is 2.33. The standard InChI is InChI=1S/C16H22N2O2/c1-10(2)15-16(20)18(8-7-14(19)17-15)13-9-11(3)5-6-12(13)4/h5-6,9-10,15H,7-8H2,1-4H3,(H,17,19). The monoisotopic (exact) mass is 274 g/mol. The first-order valence-corrected chi connectivity index (χ1v) is 7.08. The summed E-state index contributed by atoms with van der Waals surface area (Å²) in [6, 6.07) is 5.62. The first-order chi connectivity index (χ1) is 9.40. The van der Waals surface area contributed by atoms with E-state index in [2.05, 4.69) is 5.32 Å². The topological polar surface area (TPSA) is 49.4 Å². The molecule has 0 saturated carbocycles. The quantitative estimate of drug-likeness (QED) is 0.898. The van der Waals surface area contributed by atoms with Crippen molar-refractivity contribution in [2.45, 2.75) is 40.2 Å². The van der Waals surface area contributed by atoms with Gasteiger partial charge in [-0.15, -0.1) is 0 Å². The van der Waals surface area contributed by atoms with E-state index in [-0.39, 0.29) is 17.7 Å². The number of hydrogen-bond donors (Lipinski definition) is 1. The average molecular weight is 274 g/mol. The minimum absolute atomic E-state index is 0.0143. The number of carbonyl (C=O) groups excluding carboxylic acids is 2. The first-order valence-electron chi connectivity index (χ1n) is 7.08. The Bertz CT molecular complexity index is 537. The molecule has 4 heteroatoms. The third-order valence-electron chi connectivity index (χ3n) is 3.73. The fourth-order valence-corrected chi connectivity index (χ4v) is 2.50. The molecule has 1 heterocycles. The van der Waals surface area contributed by atoms with Crippen molar-refractivity contribution in [1.82, 2.24) is 5.32 Å². The number of rotatable bonds is 2. The minimum Gasteiger partial charge on any atom is -0.344 e. The normalized spacial score (nSPS) is 20.1. The Morgan fingerprint density at radius 2 is 1.95 bits per heavy atom. The van der Waals surface area contributed by atoms with Crippen molar-refractivity contribution in [1.29, 1.82) is 0 Å². The highest BCUT2D eigenvalue weighted by Crippen LogP contribution is 2.24. The Labute approximate surface area is 120 Å². The van der Waals surface area contributed by atoms with E-state index < -0.39 is 6.04 Å². The number of nitrogens with zero attached hydrogens (tertiary/aromatic N) is 1. The van der Waals surface area contributed by atoms with Crippen LogP contribution in [-0.2, 0) is 9.59 Å². The van der Waals surface area contributed by atoms with E-state index in [4.69, 9.17) is 0 Å². The van der Waals surface area contributed by atoms with Gasteiger partial charge in [0, 0.05) is 18.7 Å². The highest BCUT2D eigenvalue weighted by molar-refractivity contribution is 6.01. The number of carbonyl (C=O) groups is 2. The van der Waals surface area contributed by atoms with Crippen molar-refractivity contribution in [2.24, 2.45) is 5.92 Å². The lowest BCUT2D eigenvalue weighted by Gasteiger charge is -2.27. The van der Waals surface area contributed by atoms with Crippen molar-refractivity contribution in [3.8, 4) is 0 Å². The molecule has 0 aliphatic carbocycles. The zero-order valence-corrected chi connectivity index (χ0v) is 12.6. The van der Waals surface area contributed by atoms with Gasteiger partial charge in [0.2, 0.25) is 11.8 Å². The predicted octanol–water partition coefficient (Wildman–Crippen LogP) is 2.18. The summed E-state index contributed by atoms with van der Waals surface area (Å²) < 4.78 is 0. The van der Waals surface area contributed by atoms with Crippen LogP contribution in [0.3, 0.4) is 0 Å². The smallest absolute Gasteiger partial charge is 0.249 e. The summed E-state index contributed by atoms with van der Waals surface area (Å²) in [5.41, 5.74) is 3.08. The zero-order valence-electron chi connectivity index (χ0n) is 12.6. The van der Waals surface area contributed by atoms with Crippen LogP contribution in [0.5, 0.6) is 0 Å². The second-order valence-corrected chi connectivity index (χ2v) is 5.82. The molecule has 2 rings (SSSR count). The molecule has 1 saturated heterocycles. The van der Waals surface area contributed by atoms with Gasteiger partial charge in [-0.25, -0.2) is 0 Å². The van der Waals surface area contributed by atoms with Gasteiger partial charge in [-0.2, -0.15) is 0 Å². The van der Waals surface area contributed by atoms with Crippen LogP contribution >= 0.6 is 0 Å². The van der Waals surface area contributed by atoms with E-state index in [0.717, 1.165) is 16.8 Å². The van der Waals surface area contributed by atoms with Crippen molar-refractivity contribution in [3.63, 3.8) is 0 Å². The molecule has 1 atom stereocenters. The van der Waals surface area contributed by atoms with Crippen LogP contribution in [0.25, 0.3) is 0 Å². The lowest BCUT2D eigenvalue weighted by Crippen LogP contribution is -2.48. The Kier molecular flexibility index (Phi) is 4.12. The Hall–Kier alpha value is -1.84. The summed E-state index contributed by atoms with van der Waals surface area (Å²) in [4.78, 5) is 26.2. The number of aryl methyl sites for hydroxylation is 2. The Morgan fingerprint density at radius 1 is 1.25 bits per heavy atom. The van der Waals surface area contributed by atoms with Gasteiger partial charge in [-0.05, 0) is 37.0 Å². The third kappa shape index (κ3) is 2.84. The summed E-state index contributed by atoms with van der Waals surface area (Å²) in [7, 11) is 0. The molecule has 1 aromatic rings. The summed E-state index contributed by atoms with van der Waals surface area (Å²) in [6.45, 7) is 8.35. The summed E-state index contributed by atoms with van der Waals surface area (Å²) in [5.74, 6) is 0.0153. The molecule has 0 aromatic heterocycles. The molecule has 1 aliphatic rings. The van der Waals surface area contributed by atoms with Crippen LogP contribution in [0.4, 0.5) is 5.69 Å². The number of anilines is 1. The molecule has 20 heavy (non-hydrogen) atoms. The van der Waals surface area contributed by atoms with Crippen LogP contribution < -0.4 is 10.2 Å². The van der Waals surface area contributed by atoms with Crippen LogP contribution in [0.1, 0.15) is 31.4 Å². The van der Waals surface area contributed by atoms with E-state index in [9.17, 15) is 9.59 Å². The fourth-order valence-electron chi connectivity index (χ4n) is 2.50. The van der Waals surface area contributed by atoms with Gasteiger partial charge in [0.1, 0.15) is 6.04 Å². The second kappa shape index (κ2) is 5.65. The van der Waals surface area contributed by atoms with Crippen molar-refractivity contribution in [3.05, 3.63) is 29.3 Å². The first kappa shape index (κ1) is 14.6. The van der Waals surface area contributed by atoms with E-state index >= 15 is 0 Å². The number of amides is 2. The number of benzene rings is 1. The predicted molar refractivity (Wildman–Crippen MR) is 79.7 cm³/mol. The maximum atomic E-state index is 12.7. The van der Waals surface area contributed by atoms with Gasteiger partial charge in [0.25, 0.3) is 0 Å². The molecule has 0 spiro atoms. The maximum Gasteiger partial charge on any atom is 0.249 e. The molecule has 0 radical (unpaired) electrons. The van der Waals surface area contributed by atoms with Crippen LogP contribution in [0.15, 0.2) is 18.2 Å². The number of nitrogens with one attached hydrogen (secondary N) is 1. The highest BCUT2D eigenvalue weighted by atomic mass is 16.2. The summed E-state index contributed by atoms with van der Waals surface area (Å²) >= 11 is 0.